The maximum absolute atomic E-state index is 13.9. The topological polar surface area (TPSA) is 103 Å². The number of para-hydroxylation sites is 1. The fraction of sp³-hybridized carbons (Fsp3) is 0.179. The summed E-state index contributed by atoms with van der Waals surface area (Å²) in [6.45, 7) is 0.349. The smallest absolute Gasteiger partial charge is 0.267 e. The maximum atomic E-state index is 13.9. The molecule has 7 nitrogen and oxygen atoms in total. The molecular formula is C28H27N3O4S. The molecule has 1 aromatic heterocycles. The van der Waals surface area contributed by atoms with Gasteiger partial charge in [0.25, 0.3) is 5.91 Å². The van der Waals surface area contributed by atoms with Crippen LogP contribution in [0, 0.1) is 0 Å². The average molecular weight is 502 g/mol. The van der Waals surface area contributed by atoms with E-state index in [1.165, 1.54) is 6.08 Å². The molecule has 0 saturated heterocycles. The Bertz CT molecular complexity index is 1530. The monoisotopic (exact) mass is 501 g/mol. The van der Waals surface area contributed by atoms with Gasteiger partial charge in [0.2, 0.25) is 10.0 Å². The van der Waals surface area contributed by atoms with Crippen molar-refractivity contribution in [3.8, 4) is 0 Å². The number of H-pyrrole nitrogens is 1. The highest BCUT2D eigenvalue weighted by Crippen LogP contribution is 2.39. The number of aryl methyl sites for hydroxylation is 1. The number of hydrogen-bond acceptors (Lipinski definition) is 4. The molecule has 0 saturated carbocycles. The molecule has 1 amide bonds. The van der Waals surface area contributed by atoms with E-state index in [0.29, 0.717) is 19.4 Å². The van der Waals surface area contributed by atoms with E-state index in [-0.39, 0.29) is 10.9 Å². The number of carbonyl (C=O) groups excluding carboxylic acids is 1. The van der Waals surface area contributed by atoms with Gasteiger partial charge in [0.15, 0.2) is 0 Å². The normalized spacial score (nSPS) is 15.6. The van der Waals surface area contributed by atoms with Crippen LogP contribution < -0.4 is 5.48 Å². The number of nitrogens with one attached hydrogen (secondary N) is 2. The van der Waals surface area contributed by atoms with Crippen molar-refractivity contribution >= 4 is 32.9 Å². The van der Waals surface area contributed by atoms with Gasteiger partial charge in [-0.1, -0.05) is 54.6 Å². The molecule has 0 aliphatic heterocycles. The first-order chi connectivity index (χ1) is 17.5. The molecule has 1 atom stereocenters. The van der Waals surface area contributed by atoms with Crippen molar-refractivity contribution in [1.82, 2.24) is 14.8 Å². The zero-order valence-corrected chi connectivity index (χ0v) is 20.4. The SMILES string of the molecule is O=C(C=Cc1ccc2c(c1)CCC2N(CCc1c[nH]c2ccccc12)S(=O)(=O)c1ccccc1)NO. The third-order valence-electron chi connectivity index (χ3n) is 6.72. The number of fused-ring (bicyclic) bond motifs is 2. The fourth-order valence-corrected chi connectivity index (χ4v) is 6.62. The van der Waals surface area contributed by atoms with Crippen LogP contribution in [0.5, 0.6) is 0 Å². The molecule has 5 rings (SSSR count). The molecule has 1 aliphatic carbocycles. The number of aromatic nitrogens is 1. The number of amides is 1. The molecule has 3 aromatic carbocycles. The van der Waals surface area contributed by atoms with Crippen molar-refractivity contribution in [2.75, 3.05) is 6.54 Å². The van der Waals surface area contributed by atoms with Crippen LogP contribution >= 0.6 is 0 Å². The third-order valence-corrected chi connectivity index (χ3v) is 8.65. The number of aromatic amines is 1. The summed E-state index contributed by atoms with van der Waals surface area (Å²) in [5.74, 6) is -0.606. The van der Waals surface area contributed by atoms with E-state index in [1.807, 2.05) is 54.7 Å². The number of rotatable bonds is 8. The summed E-state index contributed by atoms with van der Waals surface area (Å²) in [6, 6.07) is 22.1. The zero-order valence-electron chi connectivity index (χ0n) is 19.6. The van der Waals surface area contributed by atoms with Gasteiger partial charge in [0.1, 0.15) is 0 Å². The van der Waals surface area contributed by atoms with Crippen molar-refractivity contribution in [2.24, 2.45) is 0 Å². The maximum Gasteiger partial charge on any atom is 0.267 e. The molecule has 1 aliphatic rings. The predicted molar refractivity (Wildman–Crippen MR) is 139 cm³/mol. The lowest BCUT2D eigenvalue weighted by Gasteiger charge is -2.29. The van der Waals surface area contributed by atoms with Gasteiger partial charge in [-0.05, 0) is 65.8 Å². The summed E-state index contributed by atoms with van der Waals surface area (Å²) in [5, 5.41) is 9.80. The highest BCUT2D eigenvalue weighted by atomic mass is 32.2. The first-order valence-corrected chi connectivity index (χ1v) is 13.3. The summed E-state index contributed by atoms with van der Waals surface area (Å²) in [5.41, 5.74) is 6.55. The van der Waals surface area contributed by atoms with Gasteiger partial charge in [-0.25, -0.2) is 13.9 Å². The summed E-state index contributed by atoms with van der Waals surface area (Å²) in [7, 11) is -3.74. The molecule has 4 aromatic rings. The molecule has 0 radical (unpaired) electrons. The van der Waals surface area contributed by atoms with Gasteiger partial charge in [-0.2, -0.15) is 4.31 Å². The Kier molecular flexibility index (Phi) is 6.73. The van der Waals surface area contributed by atoms with Crippen LogP contribution in [0.4, 0.5) is 0 Å². The van der Waals surface area contributed by atoms with E-state index in [4.69, 9.17) is 5.21 Å². The minimum absolute atomic E-state index is 0.283. The van der Waals surface area contributed by atoms with Gasteiger partial charge in [0, 0.05) is 29.7 Å². The van der Waals surface area contributed by atoms with Crippen molar-refractivity contribution in [1.29, 1.82) is 0 Å². The predicted octanol–water partition coefficient (Wildman–Crippen LogP) is 4.61. The number of sulfonamides is 1. The van der Waals surface area contributed by atoms with E-state index in [0.717, 1.165) is 39.6 Å². The lowest BCUT2D eigenvalue weighted by molar-refractivity contribution is -0.124. The van der Waals surface area contributed by atoms with E-state index in [2.05, 4.69) is 4.98 Å². The average Bonchev–Trinajstić information content (AvgIpc) is 3.52. The molecule has 8 heteroatoms. The van der Waals surface area contributed by atoms with Gasteiger partial charge in [0.05, 0.1) is 10.9 Å². The van der Waals surface area contributed by atoms with E-state index in [1.54, 1.807) is 40.1 Å². The van der Waals surface area contributed by atoms with Crippen LogP contribution in [-0.4, -0.2) is 35.4 Å². The first kappa shape index (κ1) is 24.0. The number of benzene rings is 3. The Morgan fingerprint density at radius 2 is 1.86 bits per heavy atom. The Balaban J connectivity index is 1.48. The van der Waals surface area contributed by atoms with Crippen LogP contribution in [0.15, 0.2) is 90.0 Å². The Morgan fingerprint density at radius 1 is 1.08 bits per heavy atom. The lowest BCUT2D eigenvalue weighted by atomic mass is 10.0. The van der Waals surface area contributed by atoms with Crippen molar-refractivity contribution in [3.05, 3.63) is 107 Å². The summed E-state index contributed by atoms with van der Waals surface area (Å²) < 4.78 is 29.4. The van der Waals surface area contributed by atoms with Gasteiger partial charge in [-0.15, -0.1) is 0 Å². The highest BCUT2D eigenvalue weighted by molar-refractivity contribution is 7.89. The van der Waals surface area contributed by atoms with E-state index in [9.17, 15) is 13.2 Å². The van der Waals surface area contributed by atoms with E-state index >= 15 is 0 Å². The molecule has 0 bridgehead atoms. The van der Waals surface area contributed by atoms with Crippen LogP contribution in [0.1, 0.15) is 34.7 Å². The summed E-state index contributed by atoms with van der Waals surface area (Å²) >= 11 is 0. The molecule has 0 spiro atoms. The molecular weight excluding hydrogens is 474 g/mol. The van der Waals surface area contributed by atoms with E-state index < -0.39 is 15.9 Å². The molecule has 1 heterocycles. The number of carbonyl (C=O) groups is 1. The van der Waals surface area contributed by atoms with Crippen LogP contribution in [0.3, 0.4) is 0 Å². The number of nitrogens with zero attached hydrogens (tertiary/aromatic N) is 1. The standard InChI is InChI=1S/C28H27N3O4S/c32-28(30-33)15-11-20-10-13-25-21(18-20)12-14-27(25)31(36(34,35)23-6-2-1-3-7-23)17-16-22-19-29-26-9-5-4-8-24(22)26/h1-11,13,15,18-19,27,29,33H,12,14,16-17H2,(H,30,32). The minimum atomic E-state index is -3.74. The van der Waals surface area contributed by atoms with Crippen LogP contribution in [-0.2, 0) is 27.7 Å². The number of hydroxylamine groups is 1. The van der Waals surface area contributed by atoms with Crippen molar-refractivity contribution in [3.63, 3.8) is 0 Å². The van der Waals surface area contributed by atoms with Gasteiger partial charge < -0.3 is 4.98 Å². The van der Waals surface area contributed by atoms with Crippen molar-refractivity contribution < 1.29 is 18.4 Å². The molecule has 0 fully saturated rings. The largest absolute Gasteiger partial charge is 0.361 e. The molecule has 184 valence electrons. The molecule has 1 unspecified atom stereocenters. The summed E-state index contributed by atoms with van der Waals surface area (Å²) in [4.78, 5) is 14.9. The third kappa shape index (κ3) is 4.70. The number of hydrogen-bond donors (Lipinski definition) is 3. The molecule has 36 heavy (non-hydrogen) atoms. The summed E-state index contributed by atoms with van der Waals surface area (Å²) in [6.07, 6.45) is 6.83. The zero-order chi connectivity index (χ0) is 25.1. The second-order valence-electron chi connectivity index (χ2n) is 8.86. The lowest BCUT2D eigenvalue weighted by Crippen LogP contribution is -2.35. The second-order valence-corrected chi connectivity index (χ2v) is 10.8. The first-order valence-electron chi connectivity index (χ1n) is 11.8. The van der Waals surface area contributed by atoms with Crippen molar-refractivity contribution in [2.45, 2.75) is 30.2 Å². The Morgan fingerprint density at radius 3 is 2.67 bits per heavy atom. The fourth-order valence-electron chi connectivity index (χ4n) is 4.97. The van der Waals surface area contributed by atoms with Gasteiger partial charge in [-0.3, -0.25) is 10.0 Å². The van der Waals surface area contributed by atoms with Gasteiger partial charge >= 0.3 is 0 Å². The minimum Gasteiger partial charge on any atom is -0.361 e. The van der Waals surface area contributed by atoms with Crippen LogP contribution in [0.2, 0.25) is 0 Å². The second kappa shape index (κ2) is 10.1. The molecule has 3 N–H and O–H groups in total. The Hall–Kier alpha value is -3.72. The highest BCUT2D eigenvalue weighted by Gasteiger charge is 2.36. The van der Waals surface area contributed by atoms with Crippen LogP contribution in [0.25, 0.3) is 17.0 Å². The Labute approximate surface area is 210 Å². The quantitative estimate of drug-likeness (QED) is 0.186.